The summed E-state index contributed by atoms with van der Waals surface area (Å²) < 4.78 is 0. The fraction of sp³-hybridized carbons (Fsp3) is 0.222. The lowest BCUT2D eigenvalue weighted by Crippen LogP contribution is -2.47. The van der Waals surface area contributed by atoms with Crippen molar-refractivity contribution in [1.29, 1.82) is 0 Å². The van der Waals surface area contributed by atoms with Crippen molar-refractivity contribution in [3.8, 4) is 17.0 Å². The van der Waals surface area contributed by atoms with Crippen molar-refractivity contribution in [3.63, 3.8) is 0 Å². The number of amides is 2. The summed E-state index contributed by atoms with van der Waals surface area (Å²) >= 11 is 0. The van der Waals surface area contributed by atoms with E-state index in [-0.39, 0.29) is 23.6 Å². The summed E-state index contributed by atoms with van der Waals surface area (Å²) in [7, 11) is 0. The van der Waals surface area contributed by atoms with Crippen LogP contribution in [0.4, 0.5) is 0 Å². The maximum Gasteiger partial charge on any atom is 0.252 e. The van der Waals surface area contributed by atoms with Crippen LogP contribution in [0.25, 0.3) is 22.3 Å². The molecule has 8 nitrogen and oxygen atoms in total. The number of piperidine rings is 1. The molecule has 0 saturated carbocycles. The molecule has 1 fully saturated rings. The van der Waals surface area contributed by atoms with Gasteiger partial charge in [0.05, 0.1) is 22.8 Å². The molecule has 4 N–H and O–H groups in total. The summed E-state index contributed by atoms with van der Waals surface area (Å²) in [4.78, 5) is 28.6. The fourth-order valence-electron chi connectivity index (χ4n) is 3.02. The lowest BCUT2D eigenvalue weighted by molar-refractivity contribution is -0.122. The fourth-order valence-corrected chi connectivity index (χ4v) is 3.02. The molecule has 0 radical (unpaired) electrons. The summed E-state index contributed by atoms with van der Waals surface area (Å²) in [6.45, 7) is 0.426. The SMILES string of the molecule is O=C1CC[C@@H](NC(=O)c2cc(-c3ccc(O)cc3)nc3[nH]ncc23)CN1. The number of phenols is 1. The van der Waals surface area contributed by atoms with Crippen molar-refractivity contribution >= 4 is 22.8 Å². The lowest BCUT2D eigenvalue weighted by atomic mass is 10.0. The molecule has 1 aliphatic rings. The average molecular weight is 351 g/mol. The number of carbonyl (C=O) groups is 2. The number of carbonyl (C=O) groups excluding carboxylic acids is 2. The normalized spacial score (nSPS) is 17.1. The Balaban J connectivity index is 1.67. The van der Waals surface area contributed by atoms with Gasteiger partial charge >= 0.3 is 0 Å². The smallest absolute Gasteiger partial charge is 0.252 e. The molecule has 0 unspecified atom stereocenters. The number of rotatable bonds is 3. The van der Waals surface area contributed by atoms with Crippen molar-refractivity contribution in [2.45, 2.75) is 18.9 Å². The Kier molecular flexibility index (Phi) is 4.00. The molecule has 26 heavy (non-hydrogen) atoms. The number of fused-ring (bicyclic) bond motifs is 1. The molecule has 2 amide bonds. The first-order chi connectivity index (χ1) is 12.6. The van der Waals surface area contributed by atoms with E-state index in [9.17, 15) is 14.7 Å². The van der Waals surface area contributed by atoms with Crippen LogP contribution >= 0.6 is 0 Å². The van der Waals surface area contributed by atoms with Crippen LogP contribution < -0.4 is 10.6 Å². The highest BCUT2D eigenvalue weighted by Gasteiger charge is 2.22. The molecular formula is C18H17N5O3. The van der Waals surface area contributed by atoms with Gasteiger partial charge in [-0.05, 0) is 36.8 Å². The van der Waals surface area contributed by atoms with Gasteiger partial charge in [0.1, 0.15) is 5.75 Å². The van der Waals surface area contributed by atoms with Gasteiger partial charge in [-0.15, -0.1) is 0 Å². The third kappa shape index (κ3) is 3.08. The van der Waals surface area contributed by atoms with E-state index < -0.39 is 0 Å². The Hall–Kier alpha value is -3.42. The molecule has 1 aromatic carbocycles. The van der Waals surface area contributed by atoms with E-state index in [0.717, 1.165) is 5.56 Å². The first-order valence-electron chi connectivity index (χ1n) is 8.31. The zero-order chi connectivity index (χ0) is 18.1. The second-order valence-corrected chi connectivity index (χ2v) is 6.25. The van der Waals surface area contributed by atoms with E-state index in [1.54, 1.807) is 36.5 Å². The lowest BCUT2D eigenvalue weighted by Gasteiger charge is -2.23. The average Bonchev–Trinajstić information content (AvgIpc) is 3.12. The van der Waals surface area contributed by atoms with E-state index in [1.165, 1.54) is 0 Å². The summed E-state index contributed by atoms with van der Waals surface area (Å²) in [6, 6.07) is 8.21. The molecule has 1 aliphatic heterocycles. The van der Waals surface area contributed by atoms with Gasteiger partial charge in [-0.3, -0.25) is 14.7 Å². The van der Waals surface area contributed by atoms with E-state index in [2.05, 4.69) is 25.8 Å². The molecule has 1 saturated heterocycles. The highest BCUT2D eigenvalue weighted by molar-refractivity contribution is 6.06. The van der Waals surface area contributed by atoms with Gasteiger partial charge in [-0.2, -0.15) is 5.10 Å². The molecule has 132 valence electrons. The van der Waals surface area contributed by atoms with Gasteiger partial charge in [0.2, 0.25) is 5.91 Å². The molecule has 3 aromatic rings. The predicted octanol–water partition coefficient (Wildman–Crippen LogP) is 1.34. The van der Waals surface area contributed by atoms with E-state index in [4.69, 9.17) is 0 Å². The van der Waals surface area contributed by atoms with Crippen LogP contribution in [-0.4, -0.2) is 44.7 Å². The Morgan fingerprint density at radius 3 is 2.81 bits per heavy atom. The number of hydrogen-bond acceptors (Lipinski definition) is 5. The number of benzene rings is 1. The summed E-state index contributed by atoms with van der Waals surface area (Å²) in [5.41, 5.74) is 2.35. The van der Waals surface area contributed by atoms with Crippen LogP contribution in [0.3, 0.4) is 0 Å². The minimum atomic E-state index is -0.236. The Morgan fingerprint density at radius 1 is 1.27 bits per heavy atom. The van der Waals surface area contributed by atoms with Gasteiger partial charge in [0, 0.05) is 24.6 Å². The van der Waals surface area contributed by atoms with Crippen molar-refractivity contribution in [1.82, 2.24) is 25.8 Å². The van der Waals surface area contributed by atoms with Gasteiger partial charge in [-0.25, -0.2) is 4.98 Å². The topological polar surface area (TPSA) is 120 Å². The molecular weight excluding hydrogens is 334 g/mol. The predicted molar refractivity (Wildman–Crippen MR) is 94.5 cm³/mol. The molecule has 2 aromatic heterocycles. The number of aromatic nitrogens is 3. The molecule has 1 atom stereocenters. The van der Waals surface area contributed by atoms with Crippen LogP contribution in [0.15, 0.2) is 36.5 Å². The van der Waals surface area contributed by atoms with Crippen molar-refractivity contribution < 1.29 is 14.7 Å². The number of aromatic hydroxyl groups is 1. The van der Waals surface area contributed by atoms with E-state index in [1.807, 2.05) is 0 Å². The maximum absolute atomic E-state index is 12.8. The van der Waals surface area contributed by atoms with Gasteiger partial charge in [-0.1, -0.05) is 0 Å². The quantitative estimate of drug-likeness (QED) is 0.567. The number of nitrogens with zero attached hydrogens (tertiary/aromatic N) is 2. The van der Waals surface area contributed by atoms with Crippen molar-refractivity contribution in [2.24, 2.45) is 0 Å². The molecule has 3 heterocycles. The molecule has 0 spiro atoms. The Labute approximate surface area is 148 Å². The second kappa shape index (κ2) is 6.47. The number of nitrogens with one attached hydrogen (secondary N) is 3. The first-order valence-corrected chi connectivity index (χ1v) is 8.31. The van der Waals surface area contributed by atoms with E-state index >= 15 is 0 Å². The molecule has 0 aliphatic carbocycles. The zero-order valence-corrected chi connectivity index (χ0v) is 13.8. The van der Waals surface area contributed by atoms with Gasteiger partial charge in [0.15, 0.2) is 5.65 Å². The summed E-state index contributed by atoms with van der Waals surface area (Å²) in [5.74, 6) is -0.0695. The minimum absolute atomic E-state index is 0.00579. The van der Waals surface area contributed by atoms with Crippen LogP contribution in [0.1, 0.15) is 23.2 Å². The van der Waals surface area contributed by atoms with Crippen LogP contribution in [0, 0.1) is 0 Å². The van der Waals surface area contributed by atoms with Crippen molar-refractivity contribution in [2.75, 3.05) is 6.54 Å². The molecule has 4 rings (SSSR count). The van der Waals surface area contributed by atoms with Gasteiger partial charge < -0.3 is 15.7 Å². The number of H-pyrrole nitrogens is 1. The first kappa shape index (κ1) is 16.1. The standard InChI is InChI=1S/C18H17N5O3/c24-12-4-1-10(2-5-12)15-7-13(14-9-20-23-17(14)22-15)18(26)21-11-3-6-16(25)19-8-11/h1-2,4-5,7,9,11,24H,3,6,8H2,(H,19,25)(H,21,26)(H,20,22,23)/t11-/m1/s1. The molecule has 8 heteroatoms. The highest BCUT2D eigenvalue weighted by Crippen LogP contribution is 2.25. The number of pyridine rings is 1. The van der Waals surface area contributed by atoms with Crippen LogP contribution in [-0.2, 0) is 4.79 Å². The molecule has 0 bridgehead atoms. The van der Waals surface area contributed by atoms with Crippen molar-refractivity contribution in [3.05, 3.63) is 42.1 Å². The monoisotopic (exact) mass is 351 g/mol. The summed E-state index contributed by atoms with van der Waals surface area (Å²) in [6.07, 6.45) is 2.59. The Morgan fingerprint density at radius 2 is 2.08 bits per heavy atom. The van der Waals surface area contributed by atoms with Crippen LogP contribution in [0.5, 0.6) is 5.75 Å². The number of hydrogen-bond donors (Lipinski definition) is 4. The minimum Gasteiger partial charge on any atom is -0.508 e. The van der Waals surface area contributed by atoms with Crippen LogP contribution in [0.2, 0.25) is 0 Å². The number of aromatic amines is 1. The highest BCUT2D eigenvalue weighted by atomic mass is 16.3. The maximum atomic E-state index is 12.8. The zero-order valence-electron chi connectivity index (χ0n) is 13.8. The summed E-state index contributed by atoms with van der Waals surface area (Å²) in [5, 5.41) is 22.6. The third-order valence-corrected chi connectivity index (χ3v) is 4.43. The van der Waals surface area contributed by atoms with Gasteiger partial charge in [0.25, 0.3) is 5.91 Å². The second-order valence-electron chi connectivity index (χ2n) is 6.25. The largest absolute Gasteiger partial charge is 0.508 e. The van der Waals surface area contributed by atoms with E-state index in [0.29, 0.717) is 41.7 Å². The number of phenolic OH excluding ortho intramolecular Hbond substituents is 1. The Bertz CT molecular complexity index is 970. The third-order valence-electron chi connectivity index (χ3n) is 4.43.